The van der Waals surface area contributed by atoms with Crippen LogP contribution in [0.2, 0.25) is 5.15 Å². The average molecular weight is 234 g/mol. The van der Waals surface area contributed by atoms with Crippen molar-refractivity contribution in [3.63, 3.8) is 0 Å². The molecule has 2 aromatic heterocycles. The van der Waals surface area contributed by atoms with Crippen molar-refractivity contribution in [2.75, 3.05) is 0 Å². The highest BCUT2D eigenvalue weighted by molar-refractivity contribution is 6.31. The summed E-state index contributed by atoms with van der Waals surface area (Å²) in [6.07, 6.45) is 4.60. The van der Waals surface area contributed by atoms with E-state index in [0.29, 0.717) is 16.5 Å². The third-order valence-corrected chi connectivity index (χ3v) is 2.17. The van der Waals surface area contributed by atoms with Crippen LogP contribution in [-0.2, 0) is 0 Å². The second kappa shape index (κ2) is 4.72. The van der Waals surface area contributed by atoms with Gasteiger partial charge in [-0.25, -0.2) is 4.98 Å². The highest BCUT2D eigenvalue weighted by atomic mass is 35.5. The van der Waals surface area contributed by atoms with E-state index in [0.717, 1.165) is 0 Å². The summed E-state index contributed by atoms with van der Waals surface area (Å²) < 4.78 is 0. The SMILES string of the molecule is Oc1cccnc1C=Nc1cccnc1Cl. The molecule has 5 heteroatoms. The quantitative estimate of drug-likeness (QED) is 0.641. The average Bonchev–Trinajstić information content (AvgIpc) is 2.30. The molecule has 0 unspecified atom stereocenters. The van der Waals surface area contributed by atoms with Gasteiger partial charge in [-0.05, 0) is 24.3 Å². The molecular formula is C11H8ClN3O. The van der Waals surface area contributed by atoms with Gasteiger partial charge < -0.3 is 5.11 Å². The molecule has 1 N–H and O–H groups in total. The fourth-order valence-electron chi connectivity index (χ4n) is 1.11. The van der Waals surface area contributed by atoms with Gasteiger partial charge in [0.15, 0.2) is 5.15 Å². The van der Waals surface area contributed by atoms with Gasteiger partial charge in [0.25, 0.3) is 0 Å². The monoisotopic (exact) mass is 233 g/mol. The van der Waals surface area contributed by atoms with Gasteiger partial charge in [0.2, 0.25) is 0 Å². The Balaban J connectivity index is 2.29. The fraction of sp³-hybridized carbons (Fsp3) is 0. The molecule has 0 atom stereocenters. The molecule has 16 heavy (non-hydrogen) atoms. The first-order valence-electron chi connectivity index (χ1n) is 4.56. The summed E-state index contributed by atoms with van der Waals surface area (Å²) in [6.45, 7) is 0. The zero-order chi connectivity index (χ0) is 11.4. The number of rotatable bonds is 2. The molecule has 4 nitrogen and oxygen atoms in total. The maximum atomic E-state index is 9.46. The van der Waals surface area contributed by atoms with E-state index in [1.54, 1.807) is 36.7 Å². The lowest BCUT2D eigenvalue weighted by Crippen LogP contribution is -1.86. The molecule has 2 aromatic rings. The Hall–Kier alpha value is -1.94. The summed E-state index contributed by atoms with van der Waals surface area (Å²) in [6, 6.07) is 6.64. The van der Waals surface area contributed by atoms with Crippen LogP contribution in [0, 0.1) is 0 Å². The van der Waals surface area contributed by atoms with Crippen LogP contribution in [0.25, 0.3) is 0 Å². The van der Waals surface area contributed by atoms with Crippen molar-refractivity contribution >= 4 is 23.5 Å². The first-order chi connectivity index (χ1) is 7.77. The van der Waals surface area contributed by atoms with Crippen LogP contribution in [0.3, 0.4) is 0 Å². The number of pyridine rings is 2. The van der Waals surface area contributed by atoms with Crippen LogP contribution < -0.4 is 0 Å². The van der Waals surface area contributed by atoms with Gasteiger partial charge in [-0.2, -0.15) is 0 Å². The van der Waals surface area contributed by atoms with Crippen LogP contribution in [0.4, 0.5) is 5.69 Å². The molecule has 80 valence electrons. The number of hydrogen-bond acceptors (Lipinski definition) is 4. The number of halogens is 1. The molecule has 0 saturated heterocycles. The Bertz CT molecular complexity index is 481. The maximum absolute atomic E-state index is 9.46. The molecule has 0 saturated carbocycles. The number of aromatic hydroxyl groups is 1. The largest absolute Gasteiger partial charge is 0.506 e. The van der Waals surface area contributed by atoms with Gasteiger partial charge in [0.1, 0.15) is 17.1 Å². The van der Waals surface area contributed by atoms with Crippen molar-refractivity contribution in [2.45, 2.75) is 0 Å². The van der Waals surface area contributed by atoms with Gasteiger partial charge in [0, 0.05) is 12.4 Å². The molecule has 0 aliphatic rings. The molecule has 0 aliphatic heterocycles. The second-order valence-corrected chi connectivity index (χ2v) is 3.34. The summed E-state index contributed by atoms with van der Waals surface area (Å²) in [5.41, 5.74) is 0.927. The maximum Gasteiger partial charge on any atom is 0.154 e. The lowest BCUT2D eigenvalue weighted by atomic mass is 10.3. The minimum atomic E-state index is 0.0752. The highest BCUT2D eigenvalue weighted by Gasteiger charge is 1.99. The summed E-state index contributed by atoms with van der Waals surface area (Å²) >= 11 is 5.82. The third-order valence-electron chi connectivity index (χ3n) is 1.88. The zero-order valence-corrected chi connectivity index (χ0v) is 8.96. The van der Waals surface area contributed by atoms with Gasteiger partial charge in [0.05, 0.1) is 6.21 Å². The number of nitrogens with zero attached hydrogens (tertiary/aromatic N) is 3. The molecule has 0 spiro atoms. The van der Waals surface area contributed by atoms with Gasteiger partial charge in [-0.15, -0.1) is 0 Å². The molecule has 0 aliphatic carbocycles. The lowest BCUT2D eigenvalue weighted by molar-refractivity contribution is 0.471. The fourth-order valence-corrected chi connectivity index (χ4v) is 1.28. The number of aromatic nitrogens is 2. The second-order valence-electron chi connectivity index (χ2n) is 2.98. The Labute approximate surface area is 97.3 Å². The summed E-state index contributed by atoms with van der Waals surface area (Å²) in [5.74, 6) is 0.0752. The van der Waals surface area contributed by atoms with E-state index in [4.69, 9.17) is 11.6 Å². The van der Waals surface area contributed by atoms with E-state index in [1.807, 2.05) is 0 Å². The summed E-state index contributed by atoms with van der Waals surface area (Å²) in [7, 11) is 0. The first kappa shape index (κ1) is 10.6. The lowest BCUT2D eigenvalue weighted by Gasteiger charge is -1.97. The predicted octanol–water partition coefficient (Wildman–Crippen LogP) is 2.59. The van der Waals surface area contributed by atoms with Crippen LogP contribution >= 0.6 is 11.6 Å². The van der Waals surface area contributed by atoms with Gasteiger partial charge in [-0.3, -0.25) is 9.98 Å². The van der Waals surface area contributed by atoms with Crippen molar-refractivity contribution in [1.29, 1.82) is 0 Å². The van der Waals surface area contributed by atoms with E-state index >= 15 is 0 Å². The molecule has 2 rings (SSSR count). The first-order valence-corrected chi connectivity index (χ1v) is 4.94. The van der Waals surface area contributed by atoms with E-state index in [1.165, 1.54) is 6.21 Å². The minimum absolute atomic E-state index is 0.0752. The standard InChI is InChI=1S/C11H8ClN3O/c12-11-8(3-1-6-14-11)15-7-9-10(16)4-2-5-13-9/h1-7,16H. The van der Waals surface area contributed by atoms with Crippen molar-refractivity contribution < 1.29 is 5.11 Å². The van der Waals surface area contributed by atoms with Crippen molar-refractivity contribution in [3.8, 4) is 5.75 Å². The Morgan fingerprint density at radius 3 is 2.69 bits per heavy atom. The molecule has 0 fully saturated rings. The summed E-state index contributed by atoms with van der Waals surface area (Å²) in [5, 5.41) is 9.77. The van der Waals surface area contributed by atoms with Gasteiger partial charge >= 0.3 is 0 Å². The molecule has 2 heterocycles. The summed E-state index contributed by atoms with van der Waals surface area (Å²) in [4.78, 5) is 11.9. The topological polar surface area (TPSA) is 58.4 Å². The van der Waals surface area contributed by atoms with Crippen LogP contribution in [0.15, 0.2) is 41.7 Å². The smallest absolute Gasteiger partial charge is 0.154 e. The Morgan fingerprint density at radius 1 is 1.19 bits per heavy atom. The van der Waals surface area contributed by atoms with Crippen molar-refractivity contribution in [1.82, 2.24) is 9.97 Å². The van der Waals surface area contributed by atoms with Gasteiger partial charge in [-0.1, -0.05) is 11.6 Å². The zero-order valence-electron chi connectivity index (χ0n) is 8.21. The molecular weight excluding hydrogens is 226 g/mol. The normalized spacial score (nSPS) is 10.8. The van der Waals surface area contributed by atoms with Crippen LogP contribution in [0.5, 0.6) is 5.75 Å². The molecule has 0 bridgehead atoms. The number of aliphatic imine (C=N–C) groups is 1. The van der Waals surface area contributed by atoms with E-state index < -0.39 is 0 Å². The third kappa shape index (κ3) is 2.35. The minimum Gasteiger partial charge on any atom is -0.506 e. The molecule has 0 aromatic carbocycles. The van der Waals surface area contributed by atoms with Crippen LogP contribution in [0.1, 0.15) is 5.69 Å². The Morgan fingerprint density at radius 2 is 1.94 bits per heavy atom. The predicted molar refractivity (Wildman–Crippen MR) is 62.4 cm³/mol. The van der Waals surface area contributed by atoms with E-state index in [-0.39, 0.29) is 5.75 Å². The Kier molecular flexibility index (Phi) is 3.12. The highest BCUT2D eigenvalue weighted by Crippen LogP contribution is 2.21. The molecule has 0 amide bonds. The number of hydrogen-bond donors (Lipinski definition) is 1. The molecule has 0 radical (unpaired) electrons. The van der Waals surface area contributed by atoms with Crippen LogP contribution in [-0.4, -0.2) is 21.3 Å². The van der Waals surface area contributed by atoms with E-state index in [2.05, 4.69) is 15.0 Å². The van der Waals surface area contributed by atoms with E-state index in [9.17, 15) is 5.11 Å². The van der Waals surface area contributed by atoms with Crippen molar-refractivity contribution in [2.24, 2.45) is 4.99 Å². The van der Waals surface area contributed by atoms with Crippen molar-refractivity contribution in [3.05, 3.63) is 47.5 Å².